The van der Waals surface area contributed by atoms with Gasteiger partial charge in [-0.1, -0.05) is 332 Å². The zero-order valence-corrected chi connectivity index (χ0v) is 53.6. The van der Waals surface area contributed by atoms with Crippen molar-refractivity contribution in [2.45, 2.75) is 380 Å². The summed E-state index contributed by atoms with van der Waals surface area (Å²) in [5.74, 6) is -0.926. The minimum absolute atomic E-state index is 0.0907. The van der Waals surface area contributed by atoms with Gasteiger partial charge in [-0.2, -0.15) is 0 Å². The molecule has 6 nitrogen and oxygen atoms in total. The summed E-state index contributed by atoms with van der Waals surface area (Å²) in [6.07, 6.45) is 88.6. The Hall–Kier alpha value is -2.89. The highest BCUT2D eigenvalue weighted by molar-refractivity contribution is 5.71. The van der Waals surface area contributed by atoms with Gasteiger partial charge in [-0.3, -0.25) is 14.4 Å². The molecule has 466 valence electrons. The molecular weight excluding hydrogens is 985 g/mol. The maximum atomic E-state index is 12.9. The zero-order chi connectivity index (χ0) is 57.8. The lowest BCUT2D eigenvalue weighted by molar-refractivity contribution is -0.167. The van der Waals surface area contributed by atoms with Crippen LogP contribution in [-0.2, 0) is 28.6 Å². The fourth-order valence-electron chi connectivity index (χ4n) is 10.5. The molecular formula is C74H134O6. The van der Waals surface area contributed by atoms with Gasteiger partial charge < -0.3 is 14.2 Å². The fourth-order valence-corrected chi connectivity index (χ4v) is 10.5. The molecule has 0 aliphatic carbocycles. The maximum absolute atomic E-state index is 12.9. The second-order valence-corrected chi connectivity index (χ2v) is 23.8. The highest BCUT2D eigenvalue weighted by atomic mass is 16.6. The van der Waals surface area contributed by atoms with Gasteiger partial charge in [-0.05, 0) is 83.5 Å². The first-order valence-electron chi connectivity index (χ1n) is 35.3. The summed E-state index contributed by atoms with van der Waals surface area (Å²) in [7, 11) is 0. The summed E-state index contributed by atoms with van der Waals surface area (Å²) in [6.45, 7) is 6.51. The summed E-state index contributed by atoms with van der Waals surface area (Å²) in [6, 6.07) is 0. The van der Waals surface area contributed by atoms with Crippen molar-refractivity contribution in [2.75, 3.05) is 13.2 Å². The number of hydrogen-bond acceptors (Lipinski definition) is 6. The van der Waals surface area contributed by atoms with Gasteiger partial charge in [0.05, 0.1) is 0 Å². The number of carbonyl (C=O) groups excluding carboxylic acids is 3. The summed E-state index contributed by atoms with van der Waals surface area (Å²) in [5, 5.41) is 0. The van der Waals surface area contributed by atoms with Crippen molar-refractivity contribution in [3.8, 4) is 0 Å². The van der Waals surface area contributed by atoms with E-state index in [2.05, 4.69) is 81.5 Å². The summed E-state index contributed by atoms with van der Waals surface area (Å²) < 4.78 is 16.9. The summed E-state index contributed by atoms with van der Waals surface area (Å²) >= 11 is 0. The van der Waals surface area contributed by atoms with Crippen molar-refractivity contribution < 1.29 is 28.6 Å². The van der Waals surface area contributed by atoms with Gasteiger partial charge in [0, 0.05) is 19.3 Å². The lowest BCUT2D eigenvalue weighted by atomic mass is 10.0. The molecule has 0 aliphatic rings. The van der Waals surface area contributed by atoms with E-state index in [0.717, 1.165) is 83.5 Å². The number of hydrogen-bond donors (Lipinski definition) is 0. The van der Waals surface area contributed by atoms with E-state index in [0.29, 0.717) is 19.3 Å². The maximum Gasteiger partial charge on any atom is 0.306 e. The number of carbonyl (C=O) groups is 3. The normalized spacial score (nSPS) is 12.4. The molecule has 0 aromatic rings. The van der Waals surface area contributed by atoms with Gasteiger partial charge in [0.1, 0.15) is 13.2 Å². The lowest BCUT2D eigenvalue weighted by Crippen LogP contribution is -2.30. The Morgan fingerprint density at radius 3 is 0.825 bits per heavy atom. The van der Waals surface area contributed by atoms with Crippen LogP contribution in [0.5, 0.6) is 0 Å². The van der Waals surface area contributed by atoms with Crippen LogP contribution in [0.15, 0.2) is 60.8 Å². The molecule has 1 unspecified atom stereocenters. The van der Waals surface area contributed by atoms with E-state index in [4.69, 9.17) is 14.2 Å². The Morgan fingerprint density at radius 1 is 0.263 bits per heavy atom. The molecule has 0 fully saturated rings. The first kappa shape index (κ1) is 77.1. The molecule has 0 aliphatic heterocycles. The van der Waals surface area contributed by atoms with Gasteiger partial charge in [-0.15, -0.1) is 0 Å². The van der Waals surface area contributed by atoms with Gasteiger partial charge in [-0.25, -0.2) is 0 Å². The smallest absolute Gasteiger partial charge is 0.306 e. The number of allylic oxidation sites excluding steroid dienone is 10. The van der Waals surface area contributed by atoms with Crippen molar-refractivity contribution in [1.82, 2.24) is 0 Å². The largest absolute Gasteiger partial charge is 0.462 e. The second kappa shape index (κ2) is 68.6. The predicted molar refractivity (Wildman–Crippen MR) is 348 cm³/mol. The Bertz CT molecular complexity index is 1430. The molecule has 0 N–H and O–H groups in total. The van der Waals surface area contributed by atoms with Gasteiger partial charge >= 0.3 is 17.9 Å². The number of esters is 3. The van der Waals surface area contributed by atoms with Crippen LogP contribution < -0.4 is 0 Å². The van der Waals surface area contributed by atoms with Crippen LogP contribution >= 0.6 is 0 Å². The van der Waals surface area contributed by atoms with Gasteiger partial charge in [0.2, 0.25) is 0 Å². The average Bonchev–Trinajstić information content (AvgIpc) is 3.46. The third-order valence-corrected chi connectivity index (χ3v) is 15.8. The van der Waals surface area contributed by atoms with Crippen molar-refractivity contribution >= 4 is 17.9 Å². The molecule has 0 bridgehead atoms. The monoisotopic (exact) mass is 1120 g/mol. The highest BCUT2D eigenvalue weighted by Crippen LogP contribution is 2.19. The molecule has 0 heterocycles. The number of rotatable bonds is 65. The summed E-state index contributed by atoms with van der Waals surface area (Å²) in [4.78, 5) is 38.2. The average molecular weight is 1120 g/mol. The number of ether oxygens (including phenoxy) is 3. The van der Waals surface area contributed by atoms with Crippen LogP contribution in [0.2, 0.25) is 0 Å². The zero-order valence-electron chi connectivity index (χ0n) is 53.6. The van der Waals surface area contributed by atoms with E-state index in [1.165, 1.54) is 244 Å². The van der Waals surface area contributed by atoms with E-state index in [1.807, 2.05) is 0 Å². The fraction of sp³-hybridized carbons (Fsp3) is 0.824. The molecule has 6 heteroatoms. The second-order valence-electron chi connectivity index (χ2n) is 23.8. The van der Waals surface area contributed by atoms with E-state index in [9.17, 15) is 14.4 Å². The predicted octanol–water partition coefficient (Wildman–Crippen LogP) is 24.3. The van der Waals surface area contributed by atoms with Crippen molar-refractivity contribution in [1.29, 1.82) is 0 Å². The minimum atomic E-state index is -0.798. The molecule has 0 saturated carbocycles. The molecule has 0 amide bonds. The SMILES string of the molecule is CC/C=C\C/C=C\C/C=C\C/C=C\CCCCC(=O)OC(COC(=O)CCCCCCC/C=C\CCCCC)COC(=O)CCCCCCCCCCCCCCCCCCCCCCCCCCCCCCCCCCCCC. The molecule has 0 aromatic heterocycles. The van der Waals surface area contributed by atoms with E-state index < -0.39 is 6.10 Å². The van der Waals surface area contributed by atoms with Crippen LogP contribution in [0.25, 0.3) is 0 Å². The van der Waals surface area contributed by atoms with E-state index in [1.54, 1.807) is 0 Å². The minimum Gasteiger partial charge on any atom is -0.462 e. The Morgan fingerprint density at radius 2 is 0.487 bits per heavy atom. The third-order valence-electron chi connectivity index (χ3n) is 15.8. The van der Waals surface area contributed by atoms with Crippen molar-refractivity contribution in [2.24, 2.45) is 0 Å². The first-order chi connectivity index (χ1) is 39.5. The van der Waals surface area contributed by atoms with Crippen LogP contribution in [0, 0.1) is 0 Å². The van der Waals surface area contributed by atoms with E-state index in [-0.39, 0.29) is 37.5 Å². The van der Waals surface area contributed by atoms with Crippen molar-refractivity contribution in [3.63, 3.8) is 0 Å². The first-order valence-corrected chi connectivity index (χ1v) is 35.3. The molecule has 0 rings (SSSR count). The topological polar surface area (TPSA) is 78.9 Å². The summed E-state index contributed by atoms with van der Waals surface area (Å²) in [5.41, 5.74) is 0. The highest BCUT2D eigenvalue weighted by Gasteiger charge is 2.19. The lowest BCUT2D eigenvalue weighted by Gasteiger charge is -2.18. The molecule has 0 radical (unpaired) electrons. The standard InChI is InChI=1S/C74H134O6/c1-4-7-10-13-16-19-22-25-27-28-29-30-31-32-33-34-35-36-37-38-39-40-41-42-43-44-45-46-48-49-52-55-58-61-64-67-73(76)79-70-71(69-78-72(75)66-63-60-57-54-51-24-21-18-15-12-9-6-3)80-74(77)68-65-62-59-56-53-50-47-26-23-20-17-14-11-8-5-2/h8,11,17-18,20-21,26,47,53,56,71H,4-7,9-10,12-16,19,22-25,27-46,48-52,54-55,57-70H2,1-3H3/b11-8-,20-17-,21-18-,47-26-,56-53-. The molecule has 0 spiro atoms. The molecule has 1 atom stereocenters. The third kappa shape index (κ3) is 65.9. The van der Waals surface area contributed by atoms with Crippen LogP contribution in [0.3, 0.4) is 0 Å². The Kier molecular flexibility index (Phi) is 66.1. The Labute approximate surface area is 498 Å². The molecule has 0 aromatic carbocycles. The van der Waals surface area contributed by atoms with Crippen LogP contribution in [0.1, 0.15) is 374 Å². The van der Waals surface area contributed by atoms with Crippen LogP contribution in [-0.4, -0.2) is 37.2 Å². The van der Waals surface area contributed by atoms with Crippen molar-refractivity contribution in [3.05, 3.63) is 60.8 Å². The van der Waals surface area contributed by atoms with Gasteiger partial charge in [0.25, 0.3) is 0 Å². The van der Waals surface area contributed by atoms with Crippen LogP contribution in [0.4, 0.5) is 0 Å². The quantitative estimate of drug-likeness (QED) is 0.0261. The molecule has 80 heavy (non-hydrogen) atoms. The molecule has 0 saturated heterocycles. The van der Waals surface area contributed by atoms with Gasteiger partial charge in [0.15, 0.2) is 6.10 Å². The number of unbranched alkanes of at least 4 members (excludes halogenated alkanes) is 44. The Balaban J connectivity index is 4.05. The van der Waals surface area contributed by atoms with E-state index >= 15 is 0 Å².